The van der Waals surface area contributed by atoms with Crippen LogP contribution >= 0.6 is 0 Å². The topological polar surface area (TPSA) is 45.5 Å². The lowest BCUT2D eigenvalue weighted by atomic mass is 9.78. The maximum atomic E-state index is 14.7. The van der Waals surface area contributed by atoms with E-state index in [0.717, 1.165) is 24.8 Å². The Hall–Kier alpha value is -1.44. The van der Waals surface area contributed by atoms with Crippen LogP contribution < -0.4 is 5.46 Å². The minimum atomic E-state index is -0.598. The molecule has 0 radical (unpaired) electrons. The van der Waals surface area contributed by atoms with E-state index in [1.54, 1.807) is 10.9 Å². The molecule has 4 rings (SSSR count). The van der Waals surface area contributed by atoms with E-state index >= 15 is 0 Å². The summed E-state index contributed by atoms with van der Waals surface area (Å²) < 4.78 is 34.4. The van der Waals surface area contributed by atoms with Crippen LogP contribution in [0, 0.1) is 5.82 Å². The summed E-state index contributed by atoms with van der Waals surface area (Å²) in [5, 5.41) is 4.87. The van der Waals surface area contributed by atoms with E-state index in [4.69, 9.17) is 14.0 Å². The first-order valence-corrected chi connectivity index (χ1v) is 8.92. The first kappa shape index (κ1) is 17.0. The molecule has 0 saturated carbocycles. The van der Waals surface area contributed by atoms with Gasteiger partial charge in [0.15, 0.2) is 6.23 Å². The molecule has 2 fully saturated rings. The molecular formula is C18H24BFN2O3. The van der Waals surface area contributed by atoms with Crippen molar-refractivity contribution >= 4 is 23.5 Å². The Morgan fingerprint density at radius 3 is 2.52 bits per heavy atom. The zero-order chi connectivity index (χ0) is 17.8. The van der Waals surface area contributed by atoms with E-state index in [1.807, 2.05) is 33.8 Å². The number of nitrogens with zero attached hydrogens (tertiary/aromatic N) is 2. The standard InChI is InChI=1S/C18H24BFN2O3/c1-17(2)18(3,4)25-19(24-17)12-9-14(20)13-11-21-22(15(13)10-12)16-7-5-6-8-23-16/h9-11,16H,5-8H2,1-4H3. The third kappa shape index (κ3) is 2.78. The summed E-state index contributed by atoms with van der Waals surface area (Å²) in [6.45, 7) is 8.67. The van der Waals surface area contributed by atoms with Crippen molar-refractivity contribution in [1.29, 1.82) is 0 Å². The van der Waals surface area contributed by atoms with E-state index in [9.17, 15) is 4.39 Å². The van der Waals surface area contributed by atoms with Crippen LogP contribution in [-0.2, 0) is 14.0 Å². The lowest BCUT2D eigenvalue weighted by molar-refractivity contribution is -0.0366. The van der Waals surface area contributed by atoms with Gasteiger partial charge < -0.3 is 14.0 Å². The number of halogens is 1. The van der Waals surface area contributed by atoms with Crippen molar-refractivity contribution < 1.29 is 18.4 Å². The average molecular weight is 346 g/mol. The smallest absolute Gasteiger partial charge is 0.399 e. The van der Waals surface area contributed by atoms with Gasteiger partial charge in [0.1, 0.15) is 5.82 Å². The second kappa shape index (κ2) is 5.79. The van der Waals surface area contributed by atoms with Crippen LogP contribution in [0.15, 0.2) is 18.3 Å². The fourth-order valence-corrected chi connectivity index (χ4v) is 3.38. The molecule has 0 bridgehead atoms. The van der Waals surface area contributed by atoms with Gasteiger partial charge in [-0.15, -0.1) is 0 Å². The molecule has 3 heterocycles. The minimum absolute atomic E-state index is 0.140. The van der Waals surface area contributed by atoms with Gasteiger partial charge in [-0.2, -0.15) is 5.10 Å². The minimum Gasteiger partial charge on any atom is -0.399 e. The zero-order valence-corrected chi connectivity index (χ0v) is 15.2. The molecular weight excluding hydrogens is 322 g/mol. The van der Waals surface area contributed by atoms with Crippen molar-refractivity contribution in [3.63, 3.8) is 0 Å². The molecule has 2 aromatic rings. The first-order chi connectivity index (χ1) is 11.8. The Labute approximate surface area is 147 Å². The molecule has 2 aliphatic rings. The lowest BCUT2D eigenvalue weighted by Crippen LogP contribution is -2.41. The van der Waals surface area contributed by atoms with Crippen molar-refractivity contribution in [2.75, 3.05) is 6.61 Å². The highest BCUT2D eigenvalue weighted by molar-refractivity contribution is 6.62. The second-order valence-corrected chi connectivity index (χ2v) is 7.93. The van der Waals surface area contributed by atoms with Crippen molar-refractivity contribution in [3.05, 3.63) is 24.1 Å². The Bertz CT molecular complexity index is 783. The Morgan fingerprint density at radius 1 is 1.16 bits per heavy atom. The quantitative estimate of drug-likeness (QED) is 0.784. The molecule has 1 unspecified atom stereocenters. The molecule has 2 saturated heterocycles. The fourth-order valence-electron chi connectivity index (χ4n) is 3.38. The van der Waals surface area contributed by atoms with Gasteiger partial charge >= 0.3 is 7.12 Å². The SMILES string of the molecule is CC1(C)OB(c2cc(F)c3cnn(C4CCCCO4)c3c2)OC1(C)C. The summed E-state index contributed by atoms with van der Waals surface area (Å²) in [5.74, 6) is -0.315. The van der Waals surface area contributed by atoms with E-state index in [1.165, 1.54) is 6.07 Å². The van der Waals surface area contributed by atoms with E-state index in [0.29, 0.717) is 17.5 Å². The molecule has 0 N–H and O–H groups in total. The van der Waals surface area contributed by atoms with Gasteiger partial charge in [-0.1, -0.05) is 0 Å². The Balaban J connectivity index is 1.74. The van der Waals surface area contributed by atoms with Crippen LogP contribution in [0.2, 0.25) is 0 Å². The van der Waals surface area contributed by atoms with E-state index in [-0.39, 0.29) is 12.0 Å². The number of benzene rings is 1. The zero-order valence-electron chi connectivity index (χ0n) is 15.2. The lowest BCUT2D eigenvalue weighted by Gasteiger charge is -2.32. The molecule has 0 amide bonds. The average Bonchev–Trinajstić information content (AvgIpc) is 3.07. The molecule has 0 spiro atoms. The third-order valence-electron chi connectivity index (χ3n) is 5.64. The van der Waals surface area contributed by atoms with Crippen LogP contribution in [0.25, 0.3) is 10.9 Å². The van der Waals surface area contributed by atoms with Crippen molar-refractivity contribution in [1.82, 2.24) is 9.78 Å². The largest absolute Gasteiger partial charge is 0.495 e. The Morgan fingerprint density at radius 2 is 1.88 bits per heavy atom. The second-order valence-electron chi connectivity index (χ2n) is 7.93. The van der Waals surface area contributed by atoms with Gasteiger partial charge in [0.2, 0.25) is 0 Å². The summed E-state index contributed by atoms with van der Waals surface area (Å²) in [7, 11) is -0.598. The summed E-state index contributed by atoms with van der Waals surface area (Å²) in [6, 6.07) is 3.39. The monoisotopic (exact) mass is 346 g/mol. The van der Waals surface area contributed by atoms with Gasteiger partial charge in [0.25, 0.3) is 0 Å². The number of ether oxygens (including phenoxy) is 1. The van der Waals surface area contributed by atoms with Gasteiger partial charge in [-0.25, -0.2) is 9.07 Å². The van der Waals surface area contributed by atoms with E-state index in [2.05, 4.69) is 5.10 Å². The van der Waals surface area contributed by atoms with E-state index < -0.39 is 18.3 Å². The third-order valence-corrected chi connectivity index (χ3v) is 5.64. The molecule has 7 heteroatoms. The molecule has 1 aromatic heterocycles. The van der Waals surface area contributed by atoms with Crippen LogP contribution in [0.3, 0.4) is 0 Å². The predicted molar refractivity (Wildman–Crippen MR) is 94.2 cm³/mol. The van der Waals surface area contributed by atoms with Crippen LogP contribution in [0.4, 0.5) is 4.39 Å². The summed E-state index contributed by atoms with van der Waals surface area (Å²) in [5.41, 5.74) is 0.462. The van der Waals surface area contributed by atoms with Crippen molar-refractivity contribution in [3.8, 4) is 0 Å². The fraction of sp³-hybridized carbons (Fsp3) is 0.611. The molecule has 25 heavy (non-hydrogen) atoms. The maximum absolute atomic E-state index is 14.7. The Kier molecular flexibility index (Phi) is 3.94. The maximum Gasteiger partial charge on any atom is 0.495 e. The highest BCUT2D eigenvalue weighted by Gasteiger charge is 2.51. The summed E-state index contributed by atoms with van der Waals surface area (Å²) in [4.78, 5) is 0. The van der Waals surface area contributed by atoms with Crippen molar-refractivity contribution in [2.45, 2.75) is 64.4 Å². The molecule has 0 aliphatic carbocycles. The molecule has 1 aromatic carbocycles. The molecule has 1 atom stereocenters. The molecule has 2 aliphatic heterocycles. The highest BCUT2D eigenvalue weighted by Crippen LogP contribution is 2.37. The van der Waals surface area contributed by atoms with Gasteiger partial charge in [0.05, 0.1) is 28.3 Å². The number of fused-ring (bicyclic) bond motifs is 1. The van der Waals surface area contributed by atoms with Gasteiger partial charge in [-0.05, 0) is 64.6 Å². The normalized spacial score (nSPS) is 25.6. The van der Waals surface area contributed by atoms with Crippen LogP contribution in [0.1, 0.15) is 53.2 Å². The van der Waals surface area contributed by atoms with Crippen molar-refractivity contribution in [2.24, 2.45) is 0 Å². The number of rotatable bonds is 2. The summed E-state index contributed by atoms with van der Waals surface area (Å²) >= 11 is 0. The van der Waals surface area contributed by atoms with Crippen LogP contribution in [0.5, 0.6) is 0 Å². The highest BCUT2D eigenvalue weighted by atomic mass is 19.1. The van der Waals surface area contributed by atoms with Gasteiger partial charge in [-0.3, -0.25) is 0 Å². The first-order valence-electron chi connectivity index (χ1n) is 8.92. The number of hydrogen-bond donors (Lipinski definition) is 0. The molecule has 134 valence electrons. The van der Waals surface area contributed by atoms with Gasteiger partial charge in [0, 0.05) is 6.61 Å². The number of hydrogen-bond acceptors (Lipinski definition) is 4. The predicted octanol–water partition coefficient (Wildman–Crippen LogP) is 3.17. The summed E-state index contributed by atoms with van der Waals surface area (Å²) in [6.07, 6.45) is 4.46. The molecule has 5 nitrogen and oxygen atoms in total. The van der Waals surface area contributed by atoms with Crippen LogP contribution in [-0.4, -0.2) is 34.7 Å². The number of aromatic nitrogens is 2.